The van der Waals surface area contributed by atoms with Crippen LogP contribution in [-0.4, -0.2) is 113 Å². The normalized spacial score (nSPS) is 23.4. The van der Waals surface area contributed by atoms with E-state index in [9.17, 15) is 24.0 Å². The second-order valence-corrected chi connectivity index (χ2v) is 13.2. The molecule has 4 radical (unpaired) electrons. The predicted molar refractivity (Wildman–Crippen MR) is 169 cm³/mol. The average molecular weight is 662 g/mol. The first-order chi connectivity index (χ1) is 22.0. The summed E-state index contributed by atoms with van der Waals surface area (Å²) in [5, 5.41) is 11.1. The molecule has 0 aliphatic carbocycles. The van der Waals surface area contributed by atoms with Crippen molar-refractivity contribution >= 4 is 80.8 Å². The van der Waals surface area contributed by atoms with Crippen molar-refractivity contribution in [2.75, 3.05) is 19.6 Å². The molecule has 1 unspecified atom stereocenters. The Morgan fingerprint density at radius 2 is 1.89 bits per heavy atom. The monoisotopic (exact) mass is 662 g/mol. The number of urea groups is 1. The van der Waals surface area contributed by atoms with Gasteiger partial charge in [-0.05, 0) is 25.8 Å². The minimum atomic E-state index is -1.65. The van der Waals surface area contributed by atoms with Crippen LogP contribution in [0.15, 0.2) is 39.9 Å². The van der Waals surface area contributed by atoms with E-state index >= 15 is 0 Å². The minimum Gasteiger partial charge on any atom is -0.541 e. The van der Waals surface area contributed by atoms with E-state index in [2.05, 4.69) is 24.5 Å². The van der Waals surface area contributed by atoms with E-state index in [0.717, 1.165) is 22.9 Å². The van der Waals surface area contributed by atoms with Crippen LogP contribution in [0, 0.1) is 19.8 Å². The largest absolute Gasteiger partial charge is 0.541 e. The van der Waals surface area contributed by atoms with Gasteiger partial charge in [0.25, 0.3) is 0 Å². The summed E-state index contributed by atoms with van der Waals surface area (Å²) >= 11 is 2.29. The van der Waals surface area contributed by atoms with Gasteiger partial charge in [0.15, 0.2) is 11.5 Å². The summed E-state index contributed by atoms with van der Waals surface area (Å²) in [6.07, 6.45) is 0.233. The van der Waals surface area contributed by atoms with Crippen LogP contribution >= 0.6 is 23.1 Å². The predicted octanol–water partition coefficient (Wildman–Crippen LogP) is 1.47. The van der Waals surface area contributed by atoms with Gasteiger partial charge >= 0.3 is 34.1 Å². The van der Waals surface area contributed by atoms with E-state index in [1.807, 2.05) is 31.2 Å². The zero-order valence-electron chi connectivity index (χ0n) is 25.2. The zero-order valence-corrected chi connectivity index (χ0v) is 26.8. The summed E-state index contributed by atoms with van der Waals surface area (Å²) in [6.45, 7) is 5.46. The summed E-state index contributed by atoms with van der Waals surface area (Å²) in [7, 11) is 10.3. The van der Waals surface area contributed by atoms with Gasteiger partial charge in [-0.25, -0.2) is 19.6 Å². The van der Waals surface area contributed by atoms with Crippen molar-refractivity contribution in [2.24, 2.45) is 16.2 Å². The van der Waals surface area contributed by atoms with E-state index in [0.29, 0.717) is 5.01 Å². The van der Waals surface area contributed by atoms with Gasteiger partial charge in [0.05, 0.1) is 35.6 Å². The third-order valence-corrected chi connectivity index (χ3v) is 10.3. The van der Waals surface area contributed by atoms with Crippen molar-refractivity contribution in [2.45, 2.75) is 50.0 Å². The smallest absolute Gasteiger partial charge is 0.378 e. The highest BCUT2D eigenvalue weighted by atomic mass is 32.2. The van der Waals surface area contributed by atoms with Crippen LogP contribution in [0.25, 0.3) is 0 Å². The number of thioether (sulfide) groups is 1. The first-order valence-corrected chi connectivity index (χ1v) is 16.0. The average Bonchev–Trinajstić information content (AvgIpc) is 3.76. The molecule has 3 saturated heterocycles. The van der Waals surface area contributed by atoms with Crippen molar-refractivity contribution in [3.63, 3.8) is 0 Å². The Hall–Kier alpha value is -4.18. The summed E-state index contributed by atoms with van der Waals surface area (Å²) in [5.74, 6) is -3.62. The number of hydrazone groups is 1. The molecule has 4 heterocycles. The molecule has 5 rings (SSSR count). The Morgan fingerprint density at radius 3 is 2.52 bits per heavy atom. The summed E-state index contributed by atoms with van der Waals surface area (Å²) in [5.41, 5.74) is 1.89. The first kappa shape index (κ1) is 33.2. The fraction of sp³-hybridized carbons (Fsp3) is 0.429. The van der Waals surface area contributed by atoms with Crippen molar-refractivity contribution in [1.82, 2.24) is 19.8 Å². The van der Waals surface area contributed by atoms with Crippen LogP contribution in [0.3, 0.4) is 0 Å². The van der Waals surface area contributed by atoms with Crippen LogP contribution < -0.4 is 0 Å². The highest BCUT2D eigenvalue weighted by Crippen LogP contribution is 2.53. The number of fused-ring (bicyclic) bond motifs is 1. The highest BCUT2D eigenvalue weighted by Gasteiger charge is 2.66. The van der Waals surface area contributed by atoms with Crippen molar-refractivity contribution in [3.05, 3.63) is 51.5 Å². The number of nitrogens with zero attached hydrogens (tertiary/aromatic N) is 6. The van der Waals surface area contributed by atoms with Crippen LogP contribution in [0.5, 0.6) is 0 Å². The second kappa shape index (κ2) is 13.7. The van der Waals surface area contributed by atoms with Gasteiger partial charge in [0, 0.05) is 18.3 Å². The molecule has 0 spiro atoms. The highest BCUT2D eigenvalue weighted by molar-refractivity contribution is 8.02. The van der Waals surface area contributed by atoms with Crippen molar-refractivity contribution in [1.29, 1.82) is 0 Å². The first-order valence-electron chi connectivity index (χ1n) is 14.2. The van der Waals surface area contributed by atoms with E-state index in [1.54, 1.807) is 25.4 Å². The third-order valence-electron chi connectivity index (χ3n) is 7.78. The van der Waals surface area contributed by atoms with E-state index in [1.165, 1.54) is 26.1 Å². The standard InChI is InChI=1S/C28H28B2N6O8S2/c1-4-21(25(39)42-29)44-33-22(19-13-45-16(3)32-19)20(37)11-18-23(38)34-14-28(26(40)43-30,46-24(18)34)35-9-10-36(27(35)41)31-12-17-7-5-15(2)6-8-17/h5-8,12-13,18,21,24H,4,9-11,14H2,1-3H3/b31-12+,33-22-/t18-,21-,24-,28?/m1/s1. The molecule has 1 aromatic heterocycles. The lowest BCUT2D eigenvalue weighted by atomic mass is 9.90. The molecule has 1 aromatic carbocycles. The number of carbonyl (C=O) groups excluding carboxylic acids is 5. The second-order valence-electron chi connectivity index (χ2n) is 10.7. The number of carbonyl (C=O) groups is 5. The summed E-state index contributed by atoms with van der Waals surface area (Å²) < 4.78 is 8.87. The SMILES string of the molecule is [B]OC(=O)[C@@H](CC)O/N=C(\C(=O)C[C@@H]1C(=O)N2CC(C(=O)O[B])(N3CCN(/N=C/c4ccc(C)cc4)C3=O)S[C@H]12)c1csc(C)n1. The zero-order chi connectivity index (χ0) is 33.2. The molecule has 3 fully saturated rings. The van der Waals surface area contributed by atoms with Crippen LogP contribution in [0.2, 0.25) is 0 Å². The third kappa shape index (κ3) is 6.27. The molecule has 18 heteroatoms. The van der Waals surface area contributed by atoms with Crippen LogP contribution in [0.4, 0.5) is 4.79 Å². The molecule has 236 valence electrons. The molecule has 3 aliphatic rings. The van der Waals surface area contributed by atoms with Gasteiger partial charge in [0.1, 0.15) is 5.69 Å². The maximum atomic E-state index is 13.6. The molecule has 14 nitrogen and oxygen atoms in total. The number of thiazole rings is 1. The number of aromatic nitrogens is 1. The Balaban J connectivity index is 1.33. The Labute approximate surface area is 275 Å². The molecule has 2 aromatic rings. The maximum Gasteiger partial charge on any atom is 0.378 e. The number of hydrogen-bond acceptors (Lipinski definition) is 13. The molecular formula is C28H28B2N6O8S2. The van der Waals surface area contributed by atoms with Gasteiger partial charge in [0.2, 0.25) is 16.9 Å². The number of hydrogen-bond donors (Lipinski definition) is 0. The lowest BCUT2D eigenvalue weighted by Gasteiger charge is -2.40. The summed E-state index contributed by atoms with van der Waals surface area (Å²) in [4.78, 5) is 76.1. The number of ketones is 1. The van der Waals surface area contributed by atoms with Crippen molar-refractivity contribution in [3.8, 4) is 0 Å². The number of oxime groups is 1. The minimum absolute atomic E-state index is 0.117. The van der Waals surface area contributed by atoms with Crippen LogP contribution in [-0.2, 0) is 33.3 Å². The van der Waals surface area contributed by atoms with Gasteiger partial charge < -0.3 is 19.0 Å². The van der Waals surface area contributed by atoms with Gasteiger partial charge in [-0.2, -0.15) is 5.10 Å². The molecular weight excluding hydrogens is 634 g/mol. The number of Topliss-reactive ketones (excluding diaryl/α,β-unsaturated/α-hetero) is 1. The van der Waals surface area contributed by atoms with E-state index < -0.39 is 51.9 Å². The number of β-lactam (4-membered cyclic amide) rings is 1. The molecule has 3 amide bonds. The lowest BCUT2D eigenvalue weighted by molar-refractivity contribution is -0.153. The fourth-order valence-electron chi connectivity index (χ4n) is 5.27. The van der Waals surface area contributed by atoms with Crippen LogP contribution in [0.1, 0.15) is 41.6 Å². The van der Waals surface area contributed by atoms with Gasteiger partial charge in [-0.1, -0.05) is 53.7 Å². The Kier molecular flexibility index (Phi) is 9.86. The quantitative estimate of drug-likeness (QED) is 0.141. The molecule has 0 saturated carbocycles. The topological polar surface area (TPSA) is 160 Å². The fourth-order valence-corrected chi connectivity index (χ4v) is 7.61. The number of benzene rings is 1. The Bertz CT molecular complexity index is 1600. The molecule has 46 heavy (non-hydrogen) atoms. The molecule has 3 aliphatic heterocycles. The molecule has 0 N–H and O–H groups in total. The molecule has 4 atom stereocenters. The van der Waals surface area contributed by atoms with Gasteiger partial charge in [-0.15, -0.1) is 11.3 Å². The van der Waals surface area contributed by atoms with E-state index in [4.69, 9.17) is 20.9 Å². The lowest BCUT2D eigenvalue weighted by Crippen LogP contribution is -2.59. The number of amides is 3. The maximum absolute atomic E-state index is 13.6. The van der Waals surface area contributed by atoms with E-state index in [-0.39, 0.29) is 43.9 Å². The number of rotatable bonds is 12. The Morgan fingerprint density at radius 1 is 1.15 bits per heavy atom. The summed E-state index contributed by atoms with van der Waals surface area (Å²) in [6, 6.07) is 7.01. The molecule has 0 bridgehead atoms. The van der Waals surface area contributed by atoms with Gasteiger partial charge in [-0.3, -0.25) is 19.3 Å². The number of aryl methyl sites for hydroxylation is 2. The van der Waals surface area contributed by atoms with Crippen molar-refractivity contribution < 1.29 is 38.1 Å².